The molecule has 0 atom stereocenters. The van der Waals surface area contributed by atoms with Gasteiger partial charge in [0.25, 0.3) is 11.8 Å². The highest BCUT2D eigenvalue weighted by atomic mass is 32.2. The molecule has 0 unspecified atom stereocenters. The molecule has 0 saturated carbocycles. The summed E-state index contributed by atoms with van der Waals surface area (Å²) in [7, 11) is 0. The Morgan fingerprint density at radius 1 is 0.750 bits per heavy atom. The molecule has 0 aliphatic carbocycles. The van der Waals surface area contributed by atoms with Crippen molar-refractivity contribution in [1.82, 2.24) is 0 Å². The summed E-state index contributed by atoms with van der Waals surface area (Å²) < 4.78 is 0. The molecule has 2 amide bonds. The zero-order valence-electron chi connectivity index (χ0n) is 22.3. The highest BCUT2D eigenvalue weighted by Gasteiger charge is 2.25. The molecule has 0 aromatic heterocycles. The van der Waals surface area contributed by atoms with Crippen LogP contribution in [0.5, 0.6) is 0 Å². The molecule has 0 bridgehead atoms. The normalized spacial score (nSPS) is 12.2. The van der Waals surface area contributed by atoms with Crippen LogP contribution in [0.3, 0.4) is 0 Å². The fourth-order valence-corrected chi connectivity index (χ4v) is 6.19. The summed E-state index contributed by atoms with van der Waals surface area (Å²) in [5.74, 6) is -0.259. The first-order valence-corrected chi connectivity index (χ1v) is 14.0. The first-order valence-electron chi connectivity index (χ1n) is 13.2. The first-order chi connectivity index (χ1) is 19.5. The molecule has 1 heterocycles. The molecule has 5 heteroatoms. The van der Waals surface area contributed by atoms with E-state index in [1.165, 1.54) is 5.56 Å². The van der Waals surface area contributed by atoms with Crippen molar-refractivity contribution in [3.8, 4) is 11.1 Å². The largest absolute Gasteiger partial charge is 0.322 e. The third kappa shape index (κ3) is 5.04. The number of para-hydroxylation sites is 1. The van der Waals surface area contributed by atoms with E-state index >= 15 is 0 Å². The van der Waals surface area contributed by atoms with Crippen molar-refractivity contribution < 1.29 is 9.59 Å². The minimum absolute atomic E-state index is 0.0793. The number of fused-ring (bicyclic) bond motifs is 2. The molecular formula is C35H28N2O2S. The van der Waals surface area contributed by atoms with E-state index in [2.05, 4.69) is 48.6 Å². The zero-order valence-corrected chi connectivity index (χ0v) is 23.2. The van der Waals surface area contributed by atoms with Gasteiger partial charge in [-0.3, -0.25) is 9.59 Å². The van der Waals surface area contributed by atoms with E-state index < -0.39 is 0 Å². The standard InChI is InChI=1S/C35H28N2O2S/c1-23-9-7-11-26(21-23)29-12-8-13-30(24(29)2)34(38)36-28-19-17-25(18-20-28)35(39)37-22-27-10-3-5-15-32(27)40-33-16-6-4-14-31(33)37/h3-21H,22H2,1-2H3,(H,36,38). The Hall–Kier alpha value is -4.61. The predicted octanol–water partition coefficient (Wildman–Crippen LogP) is 8.53. The van der Waals surface area contributed by atoms with Gasteiger partial charge in [-0.15, -0.1) is 0 Å². The van der Waals surface area contributed by atoms with Gasteiger partial charge >= 0.3 is 0 Å². The number of carbonyl (C=O) groups is 2. The topological polar surface area (TPSA) is 49.4 Å². The molecule has 5 aromatic rings. The molecule has 196 valence electrons. The molecular weight excluding hydrogens is 512 g/mol. The molecule has 0 fully saturated rings. The molecule has 1 aliphatic heterocycles. The van der Waals surface area contributed by atoms with Gasteiger partial charge < -0.3 is 10.2 Å². The minimum atomic E-state index is -0.179. The van der Waals surface area contributed by atoms with Crippen molar-refractivity contribution in [1.29, 1.82) is 0 Å². The Morgan fingerprint density at radius 3 is 2.27 bits per heavy atom. The lowest BCUT2D eigenvalue weighted by molar-refractivity contribution is 0.0983. The molecule has 0 spiro atoms. The molecule has 6 rings (SSSR count). The quantitative estimate of drug-likeness (QED) is 0.248. The van der Waals surface area contributed by atoms with E-state index in [0.717, 1.165) is 37.7 Å². The lowest BCUT2D eigenvalue weighted by Crippen LogP contribution is -2.30. The number of carbonyl (C=O) groups excluding carboxylic acids is 2. The van der Waals surface area contributed by atoms with Crippen molar-refractivity contribution >= 4 is 35.0 Å². The number of anilines is 2. The lowest BCUT2D eigenvalue weighted by Gasteiger charge is -2.23. The number of nitrogens with zero attached hydrogens (tertiary/aromatic N) is 1. The number of amides is 2. The minimum Gasteiger partial charge on any atom is -0.322 e. The smallest absolute Gasteiger partial charge is 0.258 e. The van der Waals surface area contributed by atoms with Crippen LogP contribution in [-0.4, -0.2) is 11.8 Å². The molecule has 1 N–H and O–H groups in total. The van der Waals surface area contributed by atoms with E-state index in [1.54, 1.807) is 36.0 Å². The second-order valence-electron chi connectivity index (χ2n) is 9.95. The molecule has 0 radical (unpaired) electrons. The van der Waals surface area contributed by atoms with Gasteiger partial charge in [0.2, 0.25) is 0 Å². The van der Waals surface area contributed by atoms with E-state index in [0.29, 0.717) is 23.4 Å². The molecule has 40 heavy (non-hydrogen) atoms. The summed E-state index contributed by atoms with van der Waals surface area (Å²) in [5, 5.41) is 3.01. The Bertz CT molecular complexity index is 1740. The van der Waals surface area contributed by atoms with Crippen molar-refractivity contribution in [2.24, 2.45) is 0 Å². The second-order valence-corrected chi connectivity index (χ2v) is 11.0. The maximum absolute atomic E-state index is 13.8. The van der Waals surface area contributed by atoms with Gasteiger partial charge in [0.15, 0.2) is 0 Å². The summed E-state index contributed by atoms with van der Waals surface area (Å²) in [6.07, 6.45) is 0. The van der Waals surface area contributed by atoms with Gasteiger partial charge in [-0.25, -0.2) is 0 Å². The zero-order chi connectivity index (χ0) is 27.6. The fraction of sp³-hybridized carbons (Fsp3) is 0.0857. The van der Waals surface area contributed by atoms with Crippen LogP contribution in [0.4, 0.5) is 11.4 Å². The average molecular weight is 541 g/mol. The monoisotopic (exact) mass is 540 g/mol. The molecule has 1 aliphatic rings. The summed E-state index contributed by atoms with van der Waals surface area (Å²) in [5.41, 5.74) is 8.06. The van der Waals surface area contributed by atoms with Gasteiger partial charge in [0, 0.05) is 26.6 Å². The van der Waals surface area contributed by atoms with Crippen LogP contribution in [0.2, 0.25) is 0 Å². The van der Waals surface area contributed by atoms with Gasteiger partial charge in [-0.05, 0) is 84.6 Å². The fourth-order valence-electron chi connectivity index (χ4n) is 5.11. The third-order valence-corrected chi connectivity index (χ3v) is 8.40. The highest BCUT2D eigenvalue weighted by Crippen LogP contribution is 2.41. The Kier molecular flexibility index (Phi) is 6.97. The molecule has 0 saturated heterocycles. The van der Waals surface area contributed by atoms with Gasteiger partial charge in [0.05, 0.1) is 12.2 Å². The van der Waals surface area contributed by atoms with Crippen LogP contribution in [0.25, 0.3) is 11.1 Å². The maximum Gasteiger partial charge on any atom is 0.258 e. The van der Waals surface area contributed by atoms with Gasteiger partial charge in [-0.1, -0.05) is 84.1 Å². The van der Waals surface area contributed by atoms with E-state index in [-0.39, 0.29) is 11.8 Å². The van der Waals surface area contributed by atoms with Crippen LogP contribution < -0.4 is 10.2 Å². The van der Waals surface area contributed by atoms with Crippen molar-refractivity contribution in [2.75, 3.05) is 10.2 Å². The van der Waals surface area contributed by atoms with Crippen LogP contribution in [-0.2, 0) is 6.54 Å². The van der Waals surface area contributed by atoms with Crippen LogP contribution in [0.1, 0.15) is 37.4 Å². The van der Waals surface area contributed by atoms with Crippen molar-refractivity contribution in [3.05, 3.63) is 143 Å². The summed E-state index contributed by atoms with van der Waals surface area (Å²) in [6.45, 7) is 4.53. The van der Waals surface area contributed by atoms with E-state index in [9.17, 15) is 9.59 Å². The lowest BCUT2D eigenvalue weighted by atomic mass is 9.95. The maximum atomic E-state index is 13.8. The number of aryl methyl sites for hydroxylation is 1. The summed E-state index contributed by atoms with van der Waals surface area (Å²) >= 11 is 1.69. The van der Waals surface area contributed by atoms with E-state index in [1.807, 2.05) is 66.4 Å². The number of benzene rings is 5. The molecule has 5 aromatic carbocycles. The van der Waals surface area contributed by atoms with Crippen LogP contribution in [0.15, 0.2) is 125 Å². The SMILES string of the molecule is Cc1cccc(-c2cccc(C(=O)Nc3ccc(C(=O)N4Cc5ccccc5Sc5ccccc54)cc3)c2C)c1. The first kappa shape index (κ1) is 25.7. The average Bonchev–Trinajstić information content (AvgIpc) is 3.14. The number of hydrogen-bond acceptors (Lipinski definition) is 3. The van der Waals surface area contributed by atoms with Crippen molar-refractivity contribution in [2.45, 2.75) is 30.2 Å². The Balaban J connectivity index is 1.23. The van der Waals surface area contributed by atoms with Crippen molar-refractivity contribution in [3.63, 3.8) is 0 Å². The van der Waals surface area contributed by atoms with E-state index in [4.69, 9.17) is 0 Å². The second kappa shape index (κ2) is 10.9. The third-order valence-electron chi connectivity index (χ3n) is 7.22. The summed E-state index contributed by atoms with van der Waals surface area (Å²) in [4.78, 5) is 31.0. The Morgan fingerprint density at radius 2 is 1.48 bits per heavy atom. The summed E-state index contributed by atoms with van der Waals surface area (Å²) in [6, 6.07) is 37.4. The molecule has 4 nitrogen and oxygen atoms in total. The van der Waals surface area contributed by atoms with Crippen LogP contribution >= 0.6 is 11.8 Å². The number of nitrogens with one attached hydrogen (secondary N) is 1. The highest BCUT2D eigenvalue weighted by molar-refractivity contribution is 7.99. The van der Waals surface area contributed by atoms with Gasteiger partial charge in [0.1, 0.15) is 0 Å². The number of rotatable bonds is 4. The predicted molar refractivity (Wildman–Crippen MR) is 163 cm³/mol. The Labute approximate surface area is 238 Å². The van der Waals surface area contributed by atoms with Gasteiger partial charge in [-0.2, -0.15) is 0 Å². The number of hydrogen-bond donors (Lipinski definition) is 1. The van der Waals surface area contributed by atoms with Crippen LogP contribution in [0, 0.1) is 13.8 Å².